The number of benzene rings is 1. The lowest BCUT2D eigenvalue weighted by Gasteiger charge is -2.10. The molecule has 15 heavy (non-hydrogen) atoms. The second-order valence-electron chi connectivity index (χ2n) is 2.55. The lowest BCUT2D eigenvalue weighted by atomic mass is 10.2. The lowest BCUT2D eigenvalue weighted by molar-refractivity contribution is -0.138. The Balaban J connectivity index is 3.51. The van der Waals surface area contributed by atoms with Gasteiger partial charge >= 0.3 is 16.4 Å². The van der Waals surface area contributed by atoms with Gasteiger partial charge in [0, 0.05) is 0 Å². The Hall–Kier alpha value is -0.630. The topological polar surface area (TPSA) is 34.1 Å². The highest BCUT2D eigenvalue weighted by molar-refractivity contribution is 9.10. The van der Waals surface area contributed by atoms with Crippen LogP contribution in [-0.4, -0.2) is 8.42 Å². The van der Waals surface area contributed by atoms with Gasteiger partial charge < -0.3 is 0 Å². The quantitative estimate of drug-likeness (QED) is 0.590. The SMILES string of the molecule is O=S(=O)(F)c1cccc(C(F)(F)F)c1Br. The average molecular weight is 307 g/mol. The Bertz CT molecular complexity index is 480. The summed E-state index contributed by atoms with van der Waals surface area (Å²) in [6, 6.07) is 2.22. The number of halogens is 5. The first-order valence-electron chi connectivity index (χ1n) is 3.44. The molecule has 0 unspecified atom stereocenters. The molecule has 0 bridgehead atoms. The highest BCUT2D eigenvalue weighted by Gasteiger charge is 2.35. The predicted octanol–water partition coefficient (Wildman–Crippen LogP) is 3.13. The summed E-state index contributed by atoms with van der Waals surface area (Å²) >= 11 is 2.41. The van der Waals surface area contributed by atoms with E-state index in [1.54, 1.807) is 0 Å². The van der Waals surface area contributed by atoms with E-state index < -0.39 is 31.3 Å². The standard InChI is InChI=1S/C7H3BrF4O2S/c8-6-4(7(9,10)11)2-1-3-5(6)15(12,13)14/h1-3H. The van der Waals surface area contributed by atoms with Crippen LogP contribution in [0.15, 0.2) is 27.6 Å². The van der Waals surface area contributed by atoms with Gasteiger partial charge in [0.1, 0.15) is 4.90 Å². The summed E-state index contributed by atoms with van der Waals surface area (Å²) in [5, 5.41) is 0. The van der Waals surface area contributed by atoms with Crippen LogP contribution in [0.3, 0.4) is 0 Å². The van der Waals surface area contributed by atoms with Crippen molar-refractivity contribution in [1.29, 1.82) is 0 Å². The molecule has 0 amide bonds. The van der Waals surface area contributed by atoms with Crippen molar-refractivity contribution in [2.24, 2.45) is 0 Å². The van der Waals surface area contributed by atoms with Crippen LogP contribution in [0.25, 0.3) is 0 Å². The van der Waals surface area contributed by atoms with Crippen LogP contribution in [0, 0.1) is 0 Å². The largest absolute Gasteiger partial charge is 0.417 e. The van der Waals surface area contributed by atoms with Crippen molar-refractivity contribution in [1.82, 2.24) is 0 Å². The van der Waals surface area contributed by atoms with Crippen molar-refractivity contribution >= 4 is 26.2 Å². The molecule has 0 aliphatic carbocycles. The molecule has 1 rings (SSSR count). The van der Waals surface area contributed by atoms with Crippen LogP contribution in [-0.2, 0) is 16.4 Å². The highest BCUT2D eigenvalue weighted by Crippen LogP contribution is 2.38. The average Bonchev–Trinajstić information content (AvgIpc) is 1.99. The fourth-order valence-electron chi connectivity index (χ4n) is 0.918. The summed E-state index contributed by atoms with van der Waals surface area (Å²) in [7, 11) is -5.16. The minimum Gasteiger partial charge on any atom is -0.189 e. The molecule has 0 radical (unpaired) electrons. The van der Waals surface area contributed by atoms with E-state index in [0.29, 0.717) is 6.07 Å². The van der Waals surface area contributed by atoms with E-state index in [-0.39, 0.29) is 0 Å². The van der Waals surface area contributed by atoms with Crippen molar-refractivity contribution in [3.63, 3.8) is 0 Å². The number of hydrogen-bond donors (Lipinski definition) is 0. The van der Waals surface area contributed by atoms with Gasteiger partial charge in [-0.2, -0.15) is 21.6 Å². The van der Waals surface area contributed by atoms with Gasteiger partial charge in [-0.15, -0.1) is 3.89 Å². The Morgan fingerprint density at radius 3 is 2.13 bits per heavy atom. The van der Waals surface area contributed by atoms with Crippen LogP contribution < -0.4 is 0 Å². The molecule has 84 valence electrons. The van der Waals surface area contributed by atoms with Gasteiger partial charge in [0.2, 0.25) is 0 Å². The molecule has 0 spiro atoms. The zero-order valence-corrected chi connectivity index (χ0v) is 9.25. The van der Waals surface area contributed by atoms with Crippen LogP contribution in [0.1, 0.15) is 5.56 Å². The fourth-order valence-corrected chi connectivity index (χ4v) is 2.55. The number of rotatable bonds is 1. The Morgan fingerprint density at radius 2 is 1.73 bits per heavy atom. The van der Waals surface area contributed by atoms with E-state index in [4.69, 9.17) is 0 Å². The fraction of sp³-hybridized carbons (Fsp3) is 0.143. The zero-order valence-electron chi connectivity index (χ0n) is 6.85. The number of hydrogen-bond acceptors (Lipinski definition) is 2. The smallest absolute Gasteiger partial charge is 0.189 e. The summed E-state index contributed by atoms with van der Waals surface area (Å²) in [5.41, 5.74) is -1.23. The maximum atomic E-state index is 12.5. The van der Waals surface area contributed by atoms with Gasteiger partial charge in [-0.05, 0) is 28.1 Å². The molecule has 0 aliphatic rings. The summed E-state index contributed by atoms with van der Waals surface area (Å²) in [5.74, 6) is 0. The highest BCUT2D eigenvalue weighted by atomic mass is 79.9. The van der Waals surface area contributed by atoms with Gasteiger partial charge in [0.05, 0.1) is 10.0 Å². The molecule has 0 fully saturated rings. The van der Waals surface area contributed by atoms with E-state index in [1.807, 2.05) is 0 Å². The van der Waals surface area contributed by atoms with E-state index in [1.165, 1.54) is 0 Å². The van der Waals surface area contributed by atoms with E-state index >= 15 is 0 Å². The van der Waals surface area contributed by atoms with Gasteiger partial charge in [-0.25, -0.2) is 0 Å². The van der Waals surface area contributed by atoms with Crippen molar-refractivity contribution < 1.29 is 25.5 Å². The zero-order chi connectivity index (χ0) is 11.9. The van der Waals surface area contributed by atoms with Crippen LogP contribution >= 0.6 is 15.9 Å². The molecule has 0 aromatic heterocycles. The van der Waals surface area contributed by atoms with E-state index in [9.17, 15) is 25.5 Å². The first-order chi connectivity index (χ1) is 6.64. The van der Waals surface area contributed by atoms with Gasteiger partial charge in [0.15, 0.2) is 0 Å². The molecular weight excluding hydrogens is 304 g/mol. The first kappa shape index (κ1) is 12.4. The minimum absolute atomic E-state index is 0.652. The molecular formula is C7H3BrF4O2S. The van der Waals surface area contributed by atoms with Crippen LogP contribution in [0.4, 0.5) is 17.1 Å². The molecule has 8 heteroatoms. The molecule has 0 atom stereocenters. The maximum absolute atomic E-state index is 12.5. The summed E-state index contributed by atoms with van der Waals surface area (Å²) in [4.78, 5) is -1.03. The normalized spacial score (nSPS) is 12.9. The van der Waals surface area contributed by atoms with Gasteiger partial charge in [-0.3, -0.25) is 0 Å². The molecule has 0 aliphatic heterocycles. The third-order valence-corrected chi connectivity index (χ3v) is 3.51. The summed E-state index contributed by atoms with van der Waals surface area (Å²) in [6.45, 7) is 0. The Labute approximate surface area is 91.2 Å². The first-order valence-corrected chi connectivity index (χ1v) is 5.62. The minimum atomic E-state index is -5.16. The Morgan fingerprint density at radius 1 is 1.20 bits per heavy atom. The molecule has 0 saturated heterocycles. The van der Waals surface area contributed by atoms with Gasteiger partial charge in [0.25, 0.3) is 0 Å². The number of alkyl halides is 3. The Kier molecular flexibility index (Phi) is 3.11. The third-order valence-electron chi connectivity index (χ3n) is 1.53. The van der Waals surface area contributed by atoms with Crippen molar-refractivity contribution in [3.05, 3.63) is 28.2 Å². The van der Waals surface area contributed by atoms with Crippen molar-refractivity contribution in [2.45, 2.75) is 11.1 Å². The second-order valence-corrected chi connectivity index (χ2v) is 4.66. The molecule has 1 aromatic carbocycles. The van der Waals surface area contributed by atoms with E-state index in [0.717, 1.165) is 12.1 Å². The summed E-state index contributed by atoms with van der Waals surface area (Å²) < 4.78 is 69.5. The maximum Gasteiger partial charge on any atom is 0.417 e. The van der Waals surface area contributed by atoms with Crippen LogP contribution in [0.5, 0.6) is 0 Å². The molecule has 1 aromatic rings. The van der Waals surface area contributed by atoms with E-state index in [2.05, 4.69) is 15.9 Å². The summed E-state index contributed by atoms with van der Waals surface area (Å²) in [6.07, 6.45) is -4.74. The molecule has 0 N–H and O–H groups in total. The molecule has 0 heterocycles. The second kappa shape index (κ2) is 3.75. The molecule has 2 nitrogen and oxygen atoms in total. The van der Waals surface area contributed by atoms with Crippen LogP contribution in [0.2, 0.25) is 0 Å². The lowest BCUT2D eigenvalue weighted by Crippen LogP contribution is -2.08. The predicted molar refractivity (Wildman–Crippen MR) is 47.4 cm³/mol. The third kappa shape index (κ3) is 2.69. The van der Waals surface area contributed by atoms with Crippen molar-refractivity contribution in [2.75, 3.05) is 0 Å². The molecule has 0 saturated carbocycles. The monoisotopic (exact) mass is 306 g/mol. The van der Waals surface area contributed by atoms with Gasteiger partial charge in [-0.1, -0.05) is 6.07 Å². The van der Waals surface area contributed by atoms with Crippen molar-refractivity contribution in [3.8, 4) is 0 Å².